The molecule has 1 aromatic carbocycles. The van der Waals surface area contributed by atoms with Crippen LogP contribution in [0.15, 0.2) is 30.3 Å². The molecule has 0 spiro atoms. The van der Waals surface area contributed by atoms with E-state index in [4.69, 9.17) is 14.5 Å². The second kappa shape index (κ2) is 6.51. The fraction of sp³-hybridized carbons (Fsp3) is 0.381. The molecule has 5 rings (SSSR count). The predicted octanol–water partition coefficient (Wildman–Crippen LogP) is 2.72. The lowest BCUT2D eigenvalue weighted by molar-refractivity contribution is 0.0790. The van der Waals surface area contributed by atoms with E-state index >= 15 is 0 Å². The smallest absolute Gasteiger partial charge is 0.252 e. The van der Waals surface area contributed by atoms with Crippen molar-refractivity contribution < 1.29 is 14.3 Å². The van der Waals surface area contributed by atoms with Crippen LogP contribution in [0.1, 0.15) is 40.5 Å². The minimum absolute atomic E-state index is 0.132. The number of nitrogens with one attached hydrogen (secondary N) is 1. The lowest BCUT2D eigenvalue weighted by Crippen LogP contribution is -2.40. The molecule has 0 radical (unpaired) electrons. The number of pyridine rings is 1. The molecule has 0 saturated heterocycles. The monoisotopic (exact) mass is 378 g/mol. The number of nitrogens with zero attached hydrogens (tertiary/aromatic N) is 3. The number of hydrogen-bond donors (Lipinski definition) is 1. The molecular formula is C21H22N4O3. The maximum absolute atomic E-state index is 13.0. The van der Waals surface area contributed by atoms with Crippen LogP contribution in [0.25, 0.3) is 11.0 Å². The molecular weight excluding hydrogens is 356 g/mol. The van der Waals surface area contributed by atoms with Crippen molar-refractivity contribution in [2.24, 2.45) is 7.05 Å². The summed E-state index contributed by atoms with van der Waals surface area (Å²) >= 11 is 0. The van der Waals surface area contributed by atoms with Gasteiger partial charge in [-0.2, -0.15) is 5.10 Å². The summed E-state index contributed by atoms with van der Waals surface area (Å²) in [6.07, 6.45) is 2.03. The van der Waals surface area contributed by atoms with Gasteiger partial charge in [-0.3, -0.25) is 9.48 Å². The third kappa shape index (κ3) is 2.96. The van der Waals surface area contributed by atoms with Gasteiger partial charge in [0, 0.05) is 18.7 Å². The van der Waals surface area contributed by atoms with E-state index in [2.05, 4.69) is 10.4 Å². The second-order valence-corrected chi connectivity index (χ2v) is 7.48. The first-order valence-corrected chi connectivity index (χ1v) is 9.61. The third-order valence-electron chi connectivity index (χ3n) is 5.29. The van der Waals surface area contributed by atoms with E-state index in [0.717, 1.165) is 41.0 Å². The van der Waals surface area contributed by atoms with Crippen molar-refractivity contribution >= 4 is 16.9 Å². The first-order chi connectivity index (χ1) is 13.6. The zero-order valence-corrected chi connectivity index (χ0v) is 15.9. The summed E-state index contributed by atoms with van der Waals surface area (Å²) in [4.78, 5) is 17.8. The molecule has 3 aromatic rings. The summed E-state index contributed by atoms with van der Waals surface area (Å²) < 4.78 is 13.4. The molecule has 1 unspecified atom stereocenters. The topological polar surface area (TPSA) is 78.3 Å². The van der Waals surface area contributed by atoms with Gasteiger partial charge in [-0.25, -0.2) is 4.98 Å². The number of carbonyl (C=O) groups excluding carboxylic acids is 1. The molecule has 1 atom stereocenters. The van der Waals surface area contributed by atoms with Crippen LogP contribution in [0.2, 0.25) is 0 Å². The van der Waals surface area contributed by atoms with Crippen molar-refractivity contribution in [3.63, 3.8) is 0 Å². The van der Waals surface area contributed by atoms with Crippen molar-refractivity contribution in [1.29, 1.82) is 0 Å². The largest absolute Gasteiger partial charge is 0.486 e. The second-order valence-electron chi connectivity index (χ2n) is 7.48. The molecule has 1 fully saturated rings. The molecule has 144 valence electrons. The molecule has 1 aliphatic carbocycles. The maximum atomic E-state index is 13.0. The molecule has 1 saturated carbocycles. The van der Waals surface area contributed by atoms with Gasteiger partial charge in [0.05, 0.1) is 23.2 Å². The van der Waals surface area contributed by atoms with E-state index in [1.165, 1.54) is 0 Å². The summed E-state index contributed by atoms with van der Waals surface area (Å²) in [7, 11) is 1.87. The Kier molecular flexibility index (Phi) is 3.96. The van der Waals surface area contributed by atoms with Crippen molar-refractivity contribution in [1.82, 2.24) is 20.1 Å². The molecule has 7 nitrogen and oxygen atoms in total. The Balaban J connectivity index is 1.37. The SMILES string of the molecule is Cc1nn(C)c2nc(C3CC3)cc(C(=O)NCC3COc4ccccc4O3)c12. The van der Waals surface area contributed by atoms with E-state index in [0.29, 0.717) is 30.4 Å². The van der Waals surface area contributed by atoms with Crippen LogP contribution in [0, 0.1) is 6.92 Å². The number of para-hydroxylation sites is 2. The molecule has 0 bridgehead atoms. The van der Waals surface area contributed by atoms with Crippen LogP contribution in [0.5, 0.6) is 11.5 Å². The number of fused-ring (bicyclic) bond motifs is 2. The van der Waals surface area contributed by atoms with Gasteiger partial charge in [0.2, 0.25) is 0 Å². The maximum Gasteiger partial charge on any atom is 0.252 e. The van der Waals surface area contributed by atoms with Crippen molar-refractivity contribution in [2.75, 3.05) is 13.2 Å². The fourth-order valence-electron chi connectivity index (χ4n) is 3.70. The van der Waals surface area contributed by atoms with Gasteiger partial charge in [0.1, 0.15) is 12.7 Å². The van der Waals surface area contributed by atoms with Crippen molar-refractivity contribution in [2.45, 2.75) is 31.8 Å². The zero-order valence-electron chi connectivity index (χ0n) is 15.9. The zero-order chi connectivity index (χ0) is 19.3. The van der Waals surface area contributed by atoms with Gasteiger partial charge < -0.3 is 14.8 Å². The van der Waals surface area contributed by atoms with E-state index in [9.17, 15) is 4.79 Å². The Morgan fingerprint density at radius 2 is 2.07 bits per heavy atom. The van der Waals surface area contributed by atoms with Crippen LogP contribution >= 0.6 is 0 Å². The Labute approximate surface area is 162 Å². The van der Waals surface area contributed by atoms with E-state index in [-0.39, 0.29) is 12.0 Å². The van der Waals surface area contributed by atoms with Crippen LogP contribution in [-0.2, 0) is 7.05 Å². The molecule has 1 N–H and O–H groups in total. The predicted molar refractivity (Wildman–Crippen MR) is 104 cm³/mol. The summed E-state index contributed by atoms with van der Waals surface area (Å²) in [5, 5.41) is 8.28. The molecule has 2 aromatic heterocycles. The average Bonchev–Trinajstić information content (AvgIpc) is 3.52. The Morgan fingerprint density at radius 3 is 2.86 bits per heavy atom. The van der Waals surface area contributed by atoms with Crippen molar-refractivity contribution in [3.05, 3.63) is 47.3 Å². The lowest BCUT2D eigenvalue weighted by atomic mass is 10.1. The van der Waals surface area contributed by atoms with Crippen LogP contribution in [0.4, 0.5) is 0 Å². The van der Waals surface area contributed by atoms with E-state index in [1.54, 1.807) is 4.68 Å². The van der Waals surface area contributed by atoms with Gasteiger partial charge in [0.15, 0.2) is 17.1 Å². The number of hydrogen-bond acceptors (Lipinski definition) is 5. The number of ether oxygens (including phenoxy) is 2. The minimum atomic E-state index is -0.228. The van der Waals surface area contributed by atoms with E-state index < -0.39 is 0 Å². The fourth-order valence-corrected chi connectivity index (χ4v) is 3.70. The molecule has 7 heteroatoms. The van der Waals surface area contributed by atoms with Crippen LogP contribution in [0.3, 0.4) is 0 Å². The normalized spacial score (nSPS) is 18.3. The summed E-state index contributed by atoms with van der Waals surface area (Å²) in [5.41, 5.74) is 3.18. The third-order valence-corrected chi connectivity index (χ3v) is 5.29. The van der Waals surface area contributed by atoms with Gasteiger partial charge in [-0.05, 0) is 38.0 Å². The molecule has 1 amide bonds. The highest BCUT2D eigenvalue weighted by molar-refractivity contribution is 6.06. The first kappa shape index (κ1) is 17.0. The average molecular weight is 378 g/mol. The quantitative estimate of drug-likeness (QED) is 0.755. The summed E-state index contributed by atoms with van der Waals surface area (Å²) in [6.45, 7) is 2.68. The number of aromatic nitrogens is 3. The highest BCUT2D eigenvalue weighted by Gasteiger charge is 2.29. The number of benzene rings is 1. The van der Waals surface area contributed by atoms with Gasteiger partial charge in [0.25, 0.3) is 5.91 Å². The Hall–Kier alpha value is -3.09. The van der Waals surface area contributed by atoms with Crippen LogP contribution < -0.4 is 14.8 Å². The molecule has 28 heavy (non-hydrogen) atoms. The molecule has 2 aliphatic rings. The summed E-state index contributed by atoms with van der Waals surface area (Å²) in [5.74, 6) is 1.77. The minimum Gasteiger partial charge on any atom is -0.486 e. The highest BCUT2D eigenvalue weighted by Crippen LogP contribution is 2.40. The number of rotatable bonds is 4. The lowest BCUT2D eigenvalue weighted by Gasteiger charge is -2.26. The highest BCUT2D eigenvalue weighted by atomic mass is 16.6. The Morgan fingerprint density at radius 1 is 1.29 bits per heavy atom. The molecule has 3 heterocycles. The van der Waals surface area contributed by atoms with Gasteiger partial charge >= 0.3 is 0 Å². The number of amides is 1. The first-order valence-electron chi connectivity index (χ1n) is 9.61. The number of aryl methyl sites for hydroxylation is 2. The number of carbonyl (C=O) groups is 1. The van der Waals surface area contributed by atoms with Crippen LogP contribution in [-0.4, -0.2) is 39.9 Å². The molecule has 1 aliphatic heterocycles. The van der Waals surface area contributed by atoms with Crippen molar-refractivity contribution in [3.8, 4) is 11.5 Å². The Bertz CT molecular complexity index is 1070. The summed E-state index contributed by atoms with van der Waals surface area (Å²) in [6, 6.07) is 9.49. The standard InChI is InChI=1S/C21H22N4O3/c1-12-19-15(9-16(13-7-8-13)23-20(19)25(2)24-12)21(26)22-10-14-11-27-17-5-3-4-6-18(17)28-14/h3-6,9,13-14H,7-8,10-11H2,1-2H3,(H,22,26). The van der Waals surface area contributed by atoms with Gasteiger partial charge in [-0.1, -0.05) is 12.1 Å². The van der Waals surface area contributed by atoms with Gasteiger partial charge in [-0.15, -0.1) is 0 Å². The van der Waals surface area contributed by atoms with E-state index in [1.807, 2.05) is 44.3 Å².